The first-order valence-corrected chi connectivity index (χ1v) is 13.6. The summed E-state index contributed by atoms with van der Waals surface area (Å²) in [6.45, 7) is 6.56. The van der Waals surface area contributed by atoms with Crippen LogP contribution in [0.4, 0.5) is 17.1 Å². The summed E-state index contributed by atoms with van der Waals surface area (Å²) < 4.78 is 0. The molecule has 0 amide bonds. The van der Waals surface area contributed by atoms with E-state index in [1.165, 1.54) is 27.9 Å². The van der Waals surface area contributed by atoms with Crippen LogP contribution in [0.2, 0.25) is 0 Å². The van der Waals surface area contributed by atoms with Crippen LogP contribution in [0.25, 0.3) is 33.6 Å². The van der Waals surface area contributed by atoms with Crippen LogP contribution < -0.4 is 4.90 Å². The molecular weight excluding hydrogens is 486 g/mol. The predicted molar refractivity (Wildman–Crippen MR) is 167 cm³/mol. The lowest BCUT2D eigenvalue weighted by molar-refractivity contribution is 1.20. The molecule has 2 heterocycles. The topological polar surface area (TPSA) is 29.0 Å². The number of aromatic nitrogens is 2. The average Bonchev–Trinajstić information content (AvgIpc) is 3.00. The molecule has 0 saturated carbocycles. The van der Waals surface area contributed by atoms with Crippen LogP contribution in [0.3, 0.4) is 0 Å². The minimum Gasteiger partial charge on any atom is -0.310 e. The van der Waals surface area contributed by atoms with Gasteiger partial charge in [0.2, 0.25) is 0 Å². The molecule has 0 N–H and O–H groups in total. The van der Waals surface area contributed by atoms with Gasteiger partial charge in [-0.3, -0.25) is 9.97 Å². The number of benzene rings is 4. The normalized spacial score (nSPS) is 10.9. The molecule has 40 heavy (non-hydrogen) atoms. The van der Waals surface area contributed by atoms with Gasteiger partial charge in [-0.2, -0.15) is 0 Å². The predicted octanol–water partition coefficient (Wildman–Crippen LogP) is 9.87. The van der Waals surface area contributed by atoms with E-state index in [0.29, 0.717) is 0 Å². The van der Waals surface area contributed by atoms with Crippen molar-refractivity contribution in [1.29, 1.82) is 0 Å². The Morgan fingerprint density at radius 2 is 1.02 bits per heavy atom. The molecule has 0 spiro atoms. The van der Waals surface area contributed by atoms with Gasteiger partial charge in [-0.05, 0) is 97.6 Å². The Kier molecular flexibility index (Phi) is 6.95. The molecule has 0 aliphatic rings. The van der Waals surface area contributed by atoms with Gasteiger partial charge in [-0.25, -0.2) is 0 Å². The van der Waals surface area contributed by atoms with E-state index in [9.17, 15) is 0 Å². The zero-order valence-electron chi connectivity index (χ0n) is 23.0. The van der Waals surface area contributed by atoms with E-state index < -0.39 is 0 Å². The van der Waals surface area contributed by atoms with Crippen molar-refractivity contribution in [2.45, 2.75) is 20.8 Å². The number of nitrogens with zero attached hydrogens (tertiary/aromatic N) is 3. The molecule has 0 radical (unpaired) electrons. The second kappa shape index (κ2) is 11.0. The molecule has 0 atom stereocenters. The van der Waals surface area contributed by atoms with Crippen LogP contribution in [0.15, 0.2) is 134 Å². The van der Waals surface area contributed by atoms with Crippen molar-refractivity contribution in [1.82, 2.24) is 9.97 Å². The van der Waals surface area contributed by atoms with E-state index in [0.717, 1.165) is 39.5 Å². The number of pyridine rings is 2. The van der Waals surface area contributed by atoms with Crippen LogP contribution in [0, 0.1) is 20.8 Å². The first-order chi connectivity index (χ1) is 19.6. The second-order valence-corrected chi connectivity index (χ2v) is 10.2. The third kappa shape index (κ3) is 5.14. The van der Waals surface area contributed by atoms with Gasteiger partial charge in [0.05, 0.1) is 17.1 Å². The number of hydrogen-bond acceptors (Lipinski definition) is 3. The zero-order chi connectivity index (χ0) is 27.5. The monoisotopic (exact) mass is 517 g/mol. The molecule has 3 nitrogen and oxygen atoms in total. The smallest absolute Gasteiger partial charge is 0.0702 e. The second-order valence-electron chi connectivity index (χ2n) is 10.2. The Balaban J connectivity index is 1.62. The number of aryl methyl sites for hydroxylation is 3. The molecule has 0 aliphatic heterocycles. The van der Waals surface area contributed by atoms with Gasteiger partial charge in [-0.15, -0.1) is 0 Å². The maximum Gasteiger partial charge on any atom is 0.0702 e. The summed E-state index contributed by atoms with van der Waals surface area (Å²) in [7, 11) is 0. The van der Waals surface area contributed by atoms with Crippen molar-refractivity contribution in [2.24, 2.45) is 0 Å². The number of rotatable bonds is 6. The van der Waals surface area contributed by atoms with E-state index in [2.05, 4.69) is 128 Å². The van der Waals surface area contributed by atoms with Crippen LogP contribution in [-0.4, -0.2) is 9.97 Å². The maximum atomic E-state index is 4.70. The molecule has 3 heteroatoms. The summed E-state index contributed by atoms with van der Waals surface area (Å²) in [5.74, 6) is 0. The van der Waals surface area contributed by atoms with Crippen molar-refractivity contribution in [3.63, 3.8) is 0 Å². The summed E-state index contributed by atoms with van der Waals surface area (Å²) >= 11 is 0. The highest BCUT2D eigenvalue weighted by atomic mass is 15.1. The molecule has 6 aromatic rings. The highest BCUT2D eigenvalue weighted by Crippen LogP contribution is 2.43. The molecule has 6 rings (SSSR count). The molecule has 0 aliphatic carbocycles. The summed E-state index contributed by atoms with van der Waals surface area (Å²) in [5.41, 5.74) is 13.4. The van der Waals surface area contributed by atoms with E-state index in [4.69, 9.17) is 4.98 Å². The van der Waals surface area contributed by atoms with Gasteiger partial charge < -0.3 is 4.90 Å². The zero-order valence-corrected chi connectivity index (χ0v) is 23.0. The van der Waals surface area contributed by atoms with E-state index in [1.54, 1.807) is 0 Å². The molecule has 0 unspecified atom stereocenters. The van der Waals surface area contributed by atoms with Gasteiger partial charge in [-0.1, -0.05) is 72.3 Å². The Hall–Kier alpha value is -5.02. The van der Waals surface area contributed by atoms with Crippen molar-refractivity contribution >= 4 is 17.1 Å². The highest BCUT2D eigenvalue weighted by molar-refractivity contribution is 5.87. The van der Waals surface area contributed by atoms with Crippen molar-refractivity contribution < 1.29 is 0 Å². The molecule has 0 fully saturated rings. The molecule has 0 saturated heterocycles. The number of hydrogen-bond donors (Lipinski definition) is 0. The van der Waals surface area contributed by atoms with E-state index in [-0.39, 0.29) is 0 Å². The molecule has 0 bridgehead atoms. The van der Waals surface area contributed by atoms with Gasteiger partial charge in [0.1, 0.15) is 0 Å². The van der Waals surface area contributed by atoms with E-state index >= 15 is 0 Å². The van der Waals surface area contributed by atoms with Crippen LogP contribution in [-0.2, 0) is 0 Å². The minimum absolute atomic E-state index is 0.945. The first kappa shape index (κ1) is 25.3. The van der Waals surface area contributed by atoms with E-state index in [1.807, 2.05) is 36.7 Å². The Bertz CT molecular complexity index is 1680. The Morgan fingerprint density at radius 3 is 1.68 bits per heavy atom. The summed E-state index contributed by atoms with van der Waals surface area (Å²) in [6.07, 6.45) is 3.70. The largest absolute Gasteiger partial charge is 0.310 e. The minimum atomic E-state index is 0.945. The fourth-order valence-electron chi connectivity index (χ4n) is 5.49. The SMILES string of the molecule is Cc1cc(C)c(N(c2cccc(-c3ccccn3)c2)c2cc(-c3ccccc3)cc(-c3ccccn3)c2)c(C)c1. The maximum absolute atomic E-state index is 4.70. The van der Waals surface area contributed by atoms with Crippen LogP contribution in [0.1, 0.15) is 16.7 Å². The van der Waals surface area contributed by atoms with Gasteiger partial charge in [0.25, 0.3) is 0 Å². The van der Waals surface area contributed by atoms with Gasteiger partial charge in [0.15, 0.2) is 0 Å². The highest BCUT2D eigenvalue weighted by Gasteiger charge is 2.20. The molecule has 194 valence electrons. The third-order valence-electron chi connectivity index (χ3n) is 7.17. The van der Waals surface area contributed by atoms with Crippen LogP contribution >= 0.6 is 0 Å². The third-order valence-corrected chi connectivity index (χ3v) is 7.17. The van der Waals surface area contributed by atoms with Crippen LogP contribution in [0.5, 0.6) is 0 Å². The average molecular weight is 518 g/mol. The van der Waals surface area contributed by atoms with Gasteiger partial charge in [0, 0.05) is 34.9 Å². The van der Waals surface area contributed by atoms with Crippen molar-refractivity contribution in [3.05, 3.63) is 150 Å². The lowest BCUT2D eigenvalue weighted by Gasteiger charge is -2.30. The fraction of sp³-hybridized carbons (Fsp3) is 0.0811. The quantitative estimate of drug-likeness (QED) is 0.220. The Labute approximate surface area is 236 Å². The summed E-state index contributed by atoms with van der Waals surface area (Å²) in [5, 5.41) is 0. The summed E-state index contributed by atoms with van der Waals surface area (Å²) in [4.78, 5) is 11.7. The number of anilines is 3. The lowest BCUT2D eigenvalue weighted by atomic mass is 9.97. The molecule has 2 aromatic heterocycles. The molecular formula is C37H31N3. The van der Waals surface area contributed by atoms with Crippen molar-refractivity contribution in [2.75, 3.05) is 4.90 Å². The summed E-state index contributed by atoms with van der Waals surface area (Å²) in [6, 6.07) is 42.6. The van der Waals surface area contributed by atoms with Gasteiger partial charge >= 0.3 is 0 Å². The first-order valence-electron chi connectivity index (χ1n) is 13.6. The van der Waals surface area contributed by atoms with Crippen molar-refractivity contribution in [3.8, 4) is 33.6 Å². The lowest BCUT2D eigenvalue weighted by Crippen LogP contribution is -2.13. The standard InChI is InChI=1S/C37H31N3/c1-26-20-27(2)37(28(3)21-26)40(33-15-11-14-30(23-33)35-16-7-9-18-38-35)34-24-31(29-12-5-4-6-13-29)22-32(25-34)36-17-8-10-19-39-36/h4-25H,1-3H3. The Morgan fingerprint density at radius 1 is 0.450 bits per heavy atom. The molecule has 4 aromatic carbocycles. The fourth-order valence-corrected chi connectivity index (χ4v) is 5.49.